The maximum absolute atomic E-state index is 12.7. The van der Waals surface area contributed by atoms with Crippen LogP contribution in [0.5, 0.6) is 0 Å². The highest BCUT2D eigenvalue weighted by Gasteiger charge is 2.66. The van der Waals surface area contributed by atoms with Gasteiger partial charge in [0.05, 0.1) is 13.0 Å². The lowest BCUT2D eigenvalue weighted by Gasteiger charge is -2.31. The lowest BCUT2D eigenvalue weighted by Crippen LogP contribution is -2.50. The van der Waals surface area contributed by atoms with Crippen LogP contribution in [0.3, 0.4) is 0 Å². The first-order chi connectivity index (χ1) is 7.27. The molecule has 9 heteroatoms. The summed E-state index contributed by atoms with van der Waals surface area (Å²) in [6.07, 6.45) is -8.23. The van der Waals surface area contributed by atoms with Gasteiger partial charge in [-0.25, -0.2) is 8.78 Å². The van der Waals surface area contributed by atoms with Gasteiger partial charge in [0.15, 0.2) is 0 Å². The van der Waals surface area contributed by atoms with Crippen LogP contribution in [0.2, 0.25) is 0 Å². The average molecular weight is 274 g/mol. The van der Waals surface area contributed by atoms with E-state index in [-0.39, 0.29) is 6.92 Å². The Hall–Kier alpha value is -0.600. The molecule has 0 spiro atoms. The molecule has 0 aliphatic carbocycles. The molecule has 0 unspecified atom stereocenters. The van der Waals surface area contributed by atoms with Gasteiger partial charge in [-0.2, -0.15) is 26.3 Å². The summed E-state index contributed by atoms with van der Waals surface area (Å²) in [5, 5.41) is 0. The second-order valence-electron chi connectivity index (χ2n) is 3.42. The van der Waals surface area contributed by atoms with Crippen LogP contribution in [0, 0.1) is 0 Å². The summed E-state index contributed by atoms with van der Waals surface area (Å²) >= 11 is 0. The fourth-order valence-corrected chi connectivity index (χ4v) is 0.824. The van der Waals surface area contributed by atoms with Gasteiger partial charge in [0.25, 0.3) is 0 Å². The molecule has 0 fully saturated rings. The molecule has 0 aliphatic heterocycles. The third kappa shape index (κ3) is 3.68. The Morgan fingerprint density at radius 1 is 0.824 bits per heavy atom. The Morgan fingerprint density at radius 2 is 1.24 bits per heavy atom. The van der Waals surface area contributed by atoms with Crippen LogP contribution >= 0.6 is 0 Å². The van der Waals surface area contributed by atoms with Crippen molar-refractivity contribution in [2.45, 2.75) is 44.1 Å². The van der Waals surface area contributed by atoms with E-state index in [9.17, 15) is 35.1 Å². The second kappa shape index (κ2) is 4.58. The Morgan fingerprint density at radius 3 is 1.53 bits per heavy atom. The lowest BCUT2D eigenvalue weighted by atomic mass is 10.0. The molecule has 104 valence electrons. The molecule has 0 atom stereocenters. The number of ether oxygens (including phenoxy) is 1. The van der Waals surface area contributed by atoms with E-state index in [4.69, 9.17) is 0 Å². The minimum absolute atomic E-state index is 0.331. The van der Waals surface area contributed by atoms with Crippen molar-refractivity contribution in [2.75, 3.05) is 6.61 Å². The molecule has 1 nitrogen and oxygen atoms in total. The van der Waals surface area contributed by atoms with E-state index in [1.54, 1.807) is 0 Å². The SMILES string of the molecule is CCOC(F)(F)C(F)(F)CC(F)(F)C(C)(F)F. The normalized spacial score (nSPS) is 15.2. The van der Waals surface area contributed by atoms with E-state index in [1.165, 1.54) is 0 Å². The Bertz CT molecular complexity index is 257. The topological polar surface area (TPSA) is 9.23 Å². The highest BCUT2D eigenvalue weighted by Crippen LogP contribution is 2.47. The molecule has 17 heavy (non-hydrogen) atoms. The fraction of sp³-hybridized carbons (Fsp3) is 1.00. The maximum atomic E-state index is 12.7. The first kappa shape index (κ1) is 16.4. The van der Waals surface area contributed by atoms with Crippen molar-refractivity contribution in [2.24, 2.45) is 0 Å². The lowest BCUT2D eigenvalue weighted by molar-refractivity contribution is -0.365. The van der Waals surface area contributed by atoms with Crippen LogP contribution in [-0.4, -0.2) is 30.5 Å². The van der Waals surface area contributed by atoms with Crippen LogP contribution < -0.4 is 0 Å². The molecule has 0 aliphatic rings. The van der Waals surface area contributed by atoms with Crippen LogP contribution in [0.1, 0.15) is 20.3 Å². The molecule has 0 aromatic heterocycles. The quantitative estimate of drug-likeness (QED) is 0.667. The zero-order valence-electron chi connectivity index (χ0n) is 8.85. The predicted octanol–water partition coefficient (Wildman–Crippen LogP) is 3.93. The molecular weight excluding hydrogens is 264 g/mol. The first-order valence-corrected chi connectivity index (χ1v) is 4.42. The Labute approximate surface area is 91.7 Å². The molecule has 0 N–H and O–H groups in total. The number of hydrogen-bond donors (Lipinski definition) is 0. The summed E-state index contributed by atoms with van der Waals surface area (Å²) in [6, 6.07) is 0. The van der Waals surface area contributed by atoms with E-state index >= 15 is 0 Å². The van der Waals surface area contributed by atoms with E-state index in [2.05, 4.69) is 4.74 Å². The third-order valence-electron chi connectivity index (χ3n) is 1.84. The highest BCUT2D eigenvalue weighted by atomic mass is 19.3. The van der Waals surface area contributed by atoms with Crippen molar-refractivity contribution in [3.05, 3.63) is 0 Å². The zero-order chi connectivity index (χ0) is 14.1. The minimum Gasteiger partial charge on any atom is -0.316 e. The highest BCUT2D eigenvalue weighted by molar-refractivity contribution is 4.90. The van der Waals surface area contributed by atoms with E-state index in [1.807, 2.05) is 0 Å². The van der Waals surface area contributed by atoms with Crippen molar-refractivity contribution in [1.82, 2.24) is 0 Å². The van der Waals surface area contributed by atoms with Crippen molar-refractivity contribution < 1.29 is 39.9 Å². The summed E-state index contributed by atoms with van der Waals surface area (Å²) in [6.45, 7) is -0.283. The van der Waals surface area contributed by atoms with Gasteiger partial charge in [0.1, 0.15) is 0 Å². The number of hydrogen-bond acceptors (Lipinski definition) is 1. The number of alkyl halides is 8. The number of halogens is 8. The zero-order valence-corrected chi connectivity index (χ0v) is 8.85. The molecule has 0 saturated heterocycles. The van der Waals surface area contributed by atoms with Gasteiger partial charge in [-0.3, -0.25) is 0 Å². The third-order valence-corrected chi connectivity index (χ3v) is 1.84. The second-order valence-corrected chi connectivity index (χ2v) is 3.42. The van der Waals surface area contributed by atoms with Crippen molar-refractivity contribution >= 4 is 0 Å². The van der Waals surface area contributed by atoms with Crippen LogP contribution in [0.4, 0.5) is 35.1 Å². The van der Waals surface area contributed by atoms with Gasteiger partial charge < -0.3 is 4.74 Å². The Balaban J connectivity index is 4.99. The largest absolute Gasteiger partial charge is 0.419 e. The van der Waals surface area contributed by atoms with Gasteiger partial charge in [-0.15, -0.1) is 0 Å². The van der Waals surface area contributed by atoms with Crippen LogP contribution in [-0.2, 0) is 4.74 Å². The summed E-state index contributed by atoms with van der Waals surface area (Å²) in [7, 11) is 0. The maximum Gasteiger partial charge on any atom is 0.419 e. The van der Waals surface area contributed by atoms with Gasteiger partial charge in [-0.1, -0.05) is 0 Å². The van der Waals surface area contributed by atoms with Crippen molar-refractivity contribution in [3.63, 3.8) is 0 Å². The van der Waals surface area contributed by atoms with Crippen molar-refractivity contribution in [1.29, 1.82) is 0 Å². The molecule has 0 saturated carbocycles. The summed E-state index contributed by atoms with van der Waals surface area (Å²) in [4.78, 5) is 0. The standard InChI is InChI=1S/C8H10F8O/c1-3-17-8(15,16)7(13,14)4-6(11,12)5(2,9)10/h3-4H2,1-2H3. The van der Waals surface area contributed by atoms with Gasteiger partial charge in [-0.05, 0) is 6.92 Å². The molecule has 0 bridgehead atoms. The van der Waals surface area contributed by atoms with E-state index in [0.29, 0.717) is 0 Å². The van der Waals surface area contributed by atoms with Gasteiger partial charge in [0.2, 0.25) is 0 Å². The number of rotatable bonds is 6. The van der Waals surface area contributed by atoms with Gasteiger partial charge in [0, 0.05) is 6.92 Å². The summed E-state index contributed by atoms with van der Waals surface area (Å²) < 4.78 is 104. The van der Waals surface area contributed by atoms with Crippen LogP contribution in [0.25, 0.3) is 0 Å². The van der Waals surface area contributed by atoms with E-state index < -0.39 is 36.9 Å². The minimum atomic E-state index is -5.40. The van der Waals surface area contributed by atoms with Crippen molar-refractivity contribution in [3.8, 4) is 0 Å². The molecule has 0 radical (unpaired) electrons. The molecule has 0 amide bonds. The van der Waals surface area contributed by atoms with E-state index in [0.717, 1.165) is 6.92 Å². The molecule has 0 heterocycles. The molecule has 0 aromatic carbocycles. The Kier molecular flexibility index (Phi) is 4.42. The van der Waals surface area contributed by atoms with Crippen LogP contribution in [0.15, 0.2) is 0 Å². The monoisotopic (exact) mass is 274 g/mol. The molecular formula is C8H10F8O. The molecule has 0 rings (SSSR count). The fourth-order valence-electron chi connectivity index (χ4n) is 0.824. The average Bonchev–Trinajstić information content (AvgIpc) is 1.98. The summed E-state index contributed by atoms with van der Waals surface area (Å²) in [5.74, 6) is -15.5. The first-order valence-electron chi connectivity index (χ1n) is 4.42. The van der Waals surface area contributed by atoms with Gasteiger partial charge >= 0.3 is 23.9 Å². The molecule has 0 aromatic rings. The summed E-state index contributed by atoms with van der Waals surface area (Å²) in [5.41, 5.74) is 0. The smallest absolute Gasteiger partial charge is 0.316 e. The predicted molar refractivity (Wildman–Crippen MR) is 41.7 cm³/mol.